The molecule has 0 bridgehead atoms. The number of nitrogens with one attached hydrogen (secondary N) is 1. The number of nitrogens with zero attached hydrogens (tertiary/aromatic N) is 3. The number of H-pyrrole nitrogens is 1. The number of halogens is 2. The molecule has 0 fully saturated rings. The molecule has 0 aliphatic heterocycles. The molecule has 4 aromatic rings. The molecule has 10 heteroatoms. The van der Waals surface area contributed by atoms with Crippen LogP contribution in [-0.2, 0) is 6.54 Å². The fourth-order valence-electron chi connectivity index (χ4n) is 3.26. The molecular formula is C21H14Cl2N4O4. The molecule has 2 heterocycles. The number of rotatable bonds is 5. The molecule has 0 aliphatic rings. The molecule has 2 N–H and O–H groups in total. The SMILES string of the molecule is O=c1[nH]c(/C=C\c2cn(Cc3ccc(Cl)cc3Cl)c3ccccc23)nc(O)c1[N+](=O)[O-]. The van der Waals surface area contributed by atoms with Gasteiger partial charge in [0.15, 0.2) is 0 Å². The van der Waals surface area contributed by atoms with E-state index >= 15 is 0 Å². The highest BCUT2D eigenvalue weighted by Gasteiger charge is 2.21. The first-order valence-electron chi connectivity index (χ1n) is 9.01. The predicted molar refractivity (Wildman–Crippen MR) is 120 cm³/mol. The lowest BCUT2D eigenvalue weighted by atomic mass is 10.1. The van der Waals surface area contributed by atoms with Gasteiger partial charge in [-0.3, -0.25) is 14.9 Å². The standard InChI is InChI=1S/C21H14Cl2N4O4/c22-14-7-5-13(16(23)9-14)11-26-10-12(15-3-1-2-4-17(15)26)6-8-18-24-20(28)19(27(30)31)21(29)25-18/h1-10H,11H2,(H2,24,25,28,29)/b8-6-. The zero-order valence-electron chi connectivity index (χ0n) is 15.8. The van der Waals surface area contributed by atoms with Crippen LogP contribution < -0.4 is 5.56 Å². The van der Waals surface area contributed by atoms with E-state index < -0.39 is 22.0 Å². The minimum Gasteiger partial charge on any atom is -0.488 e. The van der Waals surface area contributed by atoms with Crippen LogP contribution >= 0.6 is 23.2 Å². The van der Waals surface area contributed by atoms with Crippen LogP contribution in [0.25, 0.3) is 23.1 Å². The van der Waals surface area contributed by atoms with Gasteiger partial charge >= 0.3 is 11.2 Å². The van der Waals surface area contributed by atoms with E-state index in [9.17, 15) is 20.0 Å². The first kappa shape index (κ1) is 20.6. The van der Waals surface area contributed by atoms with Crippen LogP contribution in [0.4, 0.5) is 5.69 Å². The minimum absolute atomic E-state index is 0.00863. The fourth-order valence-corrected chi connectivity index (χ4v) is 3.72. The van der Waals surface area contributed by atoms with Gasteiger partial charge in [-0.2, -0.15) is 4.98 Å². The zero-order chi connectivity index (χ0) is 22.1. The van der Waals surface area contributed by atoms with E-state index in [0.717, 1.165) is 22.0 Å². The molecular weight excluding hydrogens is 443 g/mol. The molecule has 2 aromatic carbocycles. The van der Waals surface area contributed by atoms with Crippen molar-refractivity contribution in [3.63, 3.8) is 0 Å². The van der Waals surface area contributed by atoms with Crippen LogP contribution in [0.2, 0.25) is 10.0 Å². The highest BCUT2D eigenvalue weighted by atomic mass is 35.5. The Kier molecular flexibility index (Phi) is 5.50. The van der Waals surface area contributed by atoms with E-state index in [2.05, 4.69) is 9.97 Å². The van der Waals surface area contributed by atoms with E-state index in [0.29, 0.717) is 16.6 Å². The first-order valence-corrected chi connectivity index (χ1v) is 9.76. The summed E-state index contributed by atoms with van der Waals surface area (Å²) in [4.78, 5) is 27.6. The van der Waals surface area contributed by atoms with Crippen molar-refractivity contribution in [3.8, 4) is 5.88 Å². The van der Waals surface area contributed by atoms with E-state index in [1.54, 1.807) is 18.2 Å². The monoisotopic (exact) mass is 456 g/mol. The molecule has 2 aromatic heterocycles. The van der Waals surface area contributed by atoms with Crippen molar-refractivity contribution in [2.24, 2.45) is 0 Å². The zero-order valence-corrected chi connectivity index (χ0v) is 17.3. The molecule has 4 rings (SSSR count). The molecule has 0 saturated heterocycles. The summed E-state index contributed by atoms with van der Waals surface area (Å²) in [7, 11) is 0. The number of hydrogen-bond donors (Lipinski definition) is 2. The number of para-hydroxylation sites is 1. The topological polar surface area (TPSA) is 114 Å². The van der Waals surface area contributed by atoms with Crippen molar-refractivity contribution in [2.45, 2.75) is 6.54 Å². The summed E-state index contributed by atoms with van der Waals surface area (Å²) >= 11 is 12.3. The maximum absolute atomic E-state index is 11.8. The van der Waals surface area contributed by atoms with Crippen LogP contribution in [-0.4, -0.2) is 24.6 Å². The van der Waals surface area contributed by atoms with Crippen LogP contribution in [0.5, 0.6) is 5.88 Å². The third-order valence-electron chi connectivity index (χ3n) is 4.67. The van der Waals surface area contributed by atoms with Gasteiger partial charge < -0.3 is 14.7 Å². The molecule has 0 unspecified atom stereocenters. The Bertz CT molecular complexity index is 1410. The fraction of sp³-hybridized carbons (Fsp3) is 0.0476. The van der Waals surface area contributed by atoms with Gasteiger partial charge in [-0.05, 0) is 35.9 Å². The summed E-state index contributed by atoms with van der Waals surface area (Å²) in [6.45, 7) is 0.512. The summed E-state index contributed by atoms with van der Waals surface area (Å²) in [5.74, 6) is -0.945. The van der Waals surface area contributed by atoms with Crippen LogP contribution in [0, 0.1) is 10.1 Å². The molecule has 8 nitrogen and oxygen atoms in total. The molecule has 0 saturated carbocycles. The number of aromatic hydroxyl groups is 1. The largest absolute Gasteiger partial charge is 0.488 e. The first-order chi connectivity index (χ1) is 14.8. The van der Waals surface area contributed by atoms with E-state index in [1.807, 2.05) is 41.1 Å². The third-order valence-corrected chi connectivity index (χ3v) is 5.26. The normalized spacial score (nSPS) is 11.4. The third kappa shape index (κ3) is 4.16. The Labute approximate surface area is 185 Å². The van der Waals surface area contributed by atoms with Crippen LogP contribution in [0.3, 0.4) is 0 Å². The predicted octanol–water partition coefficient (Wildman–Crippen LogP) is 4.86. The van der Waals surface area contributed by atoms with Gasteiger partial charge in [0.05, 0.1) is 4.92 Å². The molecule has 0 spiro atoms. The van der Waals surface area contributed by atoms with Crippen LogP contribution in [0.15, 0.2) is 53.5 Å². The lowest BCUT2D eigenvalue weighted by Gasteiger charge is -2.08. The molecule has 156 valence electrons. The second kappa shape index (κ2) is 8.25. The molecule has 0 amide bonds. The highest BCUT2D eigenvalue weighted by Crippen LogP contribution is 2.27. The average Bonchev–Trinajstić information content (AvgIpc) is 3.05. The average molecular weight is 457 g/mol. The lowest BCUT2D eigenvalue weighted by Crippen LogP contribution is -2.14. The van der Waals surface area contributed by atoms with Gasteiger partial charge in [-0.25, -0.2) is 0 Å². The van der Waals surface area contributed by atoms with Crippen molar-refractivity contribution in [2.75, 3.05) is 0 Å². The summed E-state index contributed by atoms with van der Waals surface area (Å²) in [6.07, 6.45) is 5.08. The maximum atomic E-state index is 11.8. The van der Waals surface area contributed by atoms with Gasteiger partial charge in [-0.15, -0.1) is 0 Å². The Morgan fingerprint density at radius 1 is 1.19 bits per heavy atom. The molecule has 0 radical (unpaired) electrons. The smallest absolute Gasteiger partial charge is 0.395 e. The summed E-state index contributed by atoms with van der Waals surface area (Å²) < 4.78 is 2.02. The van der Waals surface area contributed by atoms with Crippen molar-refractivity contribution in [3.05, 3.63) is 96.1 Å². The van der Waals surface area contributed by atoms with Crippen molar-refractivity contribution >= 4 is 51.9 Å². The van der Waals surface area contributed by atoms with Crippen molar-refractivity contribution in [1.29, 1.82) is 0 Å². The number of benzene rings is 2. The number of aromatic nitrogens is 3. The summed E-state index contributed by atoms with van der Waals surface area (Å²) in [6, 6.07) is 13.1. The number of fused-ring (bicyclic) bond motifs is 1. The Morgan fingerprint density at radius 2 is 1.97 bits per heavy atom. The van der Waals surface area contributed by atoms with Crippen LogP contribution in [0.1, 0.15) is 17.0 Å². The van der Waals surface area contributed by atoms with Crippen molar-refractivity contribution in [1.82, 2.24) is 14.5 Å². The van der Waals surface area contributed by atoms with Gasteiger partial charge in [0, 0.05) is 39.3 Å². The second-order valence-corrected chi connectivity index (χ2v) is 7.52. The van der Waals surface area contributed by atoms with E-state index in [1.165, 1.54) is 6.08 Å². The molecule has 0 atom stereocenters. The summed E-state index contributed by atoms with van der Waals surface area (Å²) in [5.41, 5.74) is 0.654. The van der Waals surface area contributed by atoms with E-state index in [4.69, 9.17) is 23.2 Å². The van der Waals surface area contributed by atoms with Gasteiger partial charge in [-0.1, -0.05) is 47.5 Å². The Hall–Kier alpha value is -3.62. The van der Waals surface area contributed by atoms with Gasteiger partial charge in [0.1, 0.15) is 5.82 Å². The van der Waals surface area contributed by atoms with Gasteiger partial charge in [0.2, 0.25) is 0 Å². The molecule has 0 aliphatic carbocycles. The Morgan fingerprint density at radius 3 is 2.68 bits per heavy atom. The second-order valence-electron chi connectivity index (χ2n) is 6.68. The number of aromatic amines is 1. The quantitative estimate of drug-likeness (QED) is 0.328. The number of nitro groups is 1. The van der Waals surface area contributed by atoms with Crippen molar-refractivity contribution < 1.29 is 10.0 Å². The molecule has 31 heavy (non-hydrogen) atoms. The maximum Gasteiger partial charge on any atom is 0.395 e. The lowest BCUT2D eigenvalue weighted by molar-refractivity contribution is -0.387. The highest BCUT2D eigenvalue weighted by molar-refractivity contribution is 6.35. The van der Waals surface area contributed by atoms with Gasteiger partial charge in [0.25, 0.3) is 5.88 Å². The minimum atomic E-state index is -1.03. The summed E-state index contributed by atoms with van der Waals surface area (Å²) in [5, 5.41) is 22.6. The van der Waals surface area contributed by atoms with E-state index in [-0.39, 0.29) is 5.82 Å². The number of hydrogen-bond acceptors (Lipinski definition) is 5. The Balaban J connectivity index is 1.72.